The maximum absolute atomic E-state index is 14.4. The lowest BCUT2D eigenvalue weighted by Crippen LogP contribution is -2.29. The molecule has 74 heavy (non-hydrogen) atoms. The Labute approximate surface area is 411 Å². The van der Waals surface area contributed by atoms with Crippen molar-refractivity contribution in [3.63, 3.8) is 0 Å². The highest BCUT2D eigenvalue weighted by Crippen LogP contribution is 2.46. The van der Waals surface area contributed by atoms with E-state index in [0.717, 1.165) is 72.9 Å². The Balaban J connectivity index is 1.05. The summed E-state index contributed by atoms with van der Waals surface area (Å²) in [6, 6.07) is 25.0. The van der Waals surface area contributed by atoms with Gasteiger partial charge in [0.2, 0.25) is 0 Å². The average molecular weight is 1020 g/mol. The molecule has 0 saturated carbocycles. The number of anilines is 3. The summed E-state index contributed by atoms with van der Waals surface area (Å²) in [5, 5.41) is 0. The van der Waals surface area contributed by atoms with Gasteiger partial charge in [-0.3, -0.25) is 28.8 Å². The number of rotatable bonds is 12. The number of amides is 6. The van der Waals surface area contributed by atoms with E-state index in [-0.39, 0.29) is 34.3 Å². The molecule has 3 aliphatic heterocycles. The Morgan fingerprint density at radius 3 is 0.743 bits per heavy atom. The lowest BCUT2D eigenvalue weighted by atomic mass is 9.71. The minimum absolute atomic E-state index is 0.0979. The largest absolute Gasteiger partial charge is 0.457 e. The molecule has 0 aromatic heterocycles. The molecule has 0 fully saturated rings. The molecule has 374 valence electrons. The number of ether oxygens (including phenoxy) is 3. The lowest BCUT2D eigenvalue weighted by Gasteiger charge is -2.32. The quantitative estimate of drug-likeness (QED) is 0.0666. The van der Waals surface area contributed by atoms with Gasteiger partial charge in [0.25, 0.3) is 35.4 Å². The Hall–Kier alpha value is -9.27. The van der Waals surface area contributed by atoms with E-state index in [1.165, 1.54) is 72.8 Å². The van der Waals surface area contributed by atoms with Gasteiger partial charge < -0.3 is 14.2 Å². The van der Waals surface area contributed by atoms with Crippen molar-refractivity contribution in [3.8, 4) is 34.5 Å². The molecule has 0 radical (unpaired) electrons. The van der Waals surface area contributed by atoms with Crippen LogP contribution in [0.4, 0.5) is 56.6 Å². The van der Waals surface area contributed by atoms with Crippen LogP contribution in [0.5, 0.6) is 34.5 Å². The highest BCUT2D eigenvalue weighted by Gasteiger charge is 2.40. The SMILES string of the molecule is CC(c1ccc(Oc2ccc(N3C(=O)C=CC3=O)cc2C(F)(F)F)cc1)(c1ccc(Oc2ccc(N3C(=O)C=CC3=O)cc2C(F)(F)F)cc1)c1ccc(Oc2ccc(N3C(=O)C=CC3=O)cc2C(F)(F)F)cc1. The lowest BCUT2D eigenvalue weighted by molar-refractivity contribution is -0.139. The topological polar surface area (TPSA) is 140 Å². The highest BCUT2D eigenvalue weighted by atomic mass is 19.4. The van der Waals surface area contributed by atoms with Crippen molar-refractivity contribution in [2.24, 2.45) is 0 Å². The fourth-order valence-electron chi connectivity index (χ4n) is 8.32. The predicted octanol–water partition coefficient (Wildman–Crippen LogP) is 11.8. The van der Waals surface area contributed by atoms with E-state index in [0.29, 0.717) is 49.6 Å². The first-order valence-electron chi connectivity index (χ1n) is 21.6. The number of hydrogen-bond donors (Lipinski definition) is 0. The Morgan fingerprint density at radius 1 is 0.324 bits per heavy atom. The molecule has 6 aromatic rings. The van der Waals surface area contributed by atoms with Gasteiger partial charge in [-0.25, -0.2) is 14.7 Å². The number of imide groups is 3. The first-order chi connectivity index (χ1) is 34.9. The van der Waals surface area contributed by atoms with E-state index < -0.39 is 93.3 Å². The summed E-state index contributed by atoms with van der Waals surface area (Å²) in [6.45, 7) is 1.71. The molecular formula is C53H30F9N3O9. The fraction of sp³-hybridized carbons (Fsp3) is 0.0943. The number of carbonyl (C=O) groups excluding carboxylic acids is 6. The van der Waals surface area contributed by atoms with Crippen LogP contribution in [-0.2, 0) is 52.7 Å². The van der Waals surface area contributed by atoms with Crippen LogP contribution in [0.1, 0.15) is 40.3 Å². The standard InChI is InChI=1S/C53H30F9N3O9/c1-50(29-2-11-35(12-3-29)72-41-17-8-32(26-38(41)51(54,55)56)63-44(66)20-21-45(63)67,30-4-13-36(14-5-30)73-42-18-9-33(27-39(42)52(57,58)59)64-46(68)22-23-47(64)69)31-6-15-37(16-7-31)74-43-19-10-34(28-40(43)53(60,61)62)65-48(70)24-25-49(65)71/h2-28H,1H3. The van der Waals surface area contributed by atoms with Crippen molar-refractivity contribution >= 4 is 52.5 Å². The molecule has 0 atom stereocenters. The van der Waals surface area contributed by atoms with Gasteiger partial charge in [-0.05, 0) is 115 Å². The molecule has 0 saturated heterocycles. The van der Waals surface area contributed by atoms with Gasteiger partial charge in [-0.1, -0.05) is 36.4 Å². The summed E-state index contributed by atoms with van der Waals surface area (Å²) in [6.07, 6.45) is -9.57. The van der Waals surface area contributed by atoms with Gasteiger partial charge in [0, 0.05) is 41.9 Å². The number of halogens is 9. The zero-order valence-electron chi connectivity index (χ0n) is 37.5. The van der Waals surface area contributed by atoms with Gasteiger partial charge in [0.15, 0.2) is 0 Å². The van der Waals surface area contributed by atoms with E-state index >= 15 is 0 Å². The first-order valence-corrected chi connectivity index (χ1v) is 21.6. The van der Waals surface area contributed by atoms with Crippen molar-refractivity contribution in [2.75, 3.05) is 14.7 Å². The maximum Gasteiger partial charge on any atom is 0.420 e. The maximum atomic E-state index is 14.4. The van der Waals surface area contributed by atoms with E-state index in [4.69, 9.17) is 14.2 Å². The molecule has 12 nitrogen and oxygen atoms in total. The monoisotopic (exact) mass is 1020 g/mol. The third-order valence-electron chi connectivity index (χ3n) is 12.0. The number of alkyl halides is 9. The van der Waals surface area contributed by atoms with Gasteiger partial charge in [-0.2, -0.15) is 39.5 Å². The highest BCUT2D eigenvalue weighted by molar-refractivity contribution is 6.29. The van der Waals surface area contributed by atoms with Crippen LogP contribution in [0, 0.1) is 0 Å². The second-order valence-electron chi connectivity index (χ2n) is 16.6. The van der Waals surface area contributed by atoms with Crippen LogP contribution in [0.15, 0.2) is 164 Å². The van der Waals surface area contributed by atoms with Crippen molar-refractivity contribution < 1.29 is 82.5 Å². The molecule has 6 amide bonds. The summed E-state index contributed by atoms with van der Waals surface area (Å²) in [5.74, 6) is -7.37. The molecule has 21 heteroatoms. The zero-order valence-corrected chi connectivity index (χ0v) is 37.5. The van der Waals surface area contributed by atoms with Crippen molar-refractivity contribution in [1.29, 1.82) is 0 Å². The van der Waals surface area contributed by atoms with Crippen LogP contribution in [0.3, 0.4) is 0 Å². The molecule has 6 aromatic carbocycles. The van der Waals surface area contributed by atoms with E-state index in [2.05, 4.69) is 0 Å². The summed E-state index contributed by atoms with van der Waals surface area (Å²) >= 11 is 0. The Morgan fingerprint density at radius 2 is 0.541 bits per heavy atom. The van der Waals surface area contributed by atoms with E-state index in [1.807, 2.05) is 0 Å². The van der Waals surface area contributed by atoms with Gasteiger partial charge in [0.1, 0.15) is 51.2 Å². The number of hydrogen-bond acceptors (Lipinski definition) is 9. The molecule has 0 aliphatic carbocycles. The molecule has 0 bridgehead atoms. The Bertz CT molecular complexity index is 3010. The summed E-state index contributed by atoms with van der Waals surface area (Å²) in [4.78, 5) is 75.0. The number of benzene rings is 6. The second-order valence-corrected chi connectivity index (χ2v) is 16.6. The Kier molecular flexibility index (Phi) is 12.4. The van der Waals surface area contributed by atoms with Crippen LogP contribution in [0.2, 0.25) is 0 Å². The van der Waals surface area contributed by atoms with E-state index in [9.17, 15) is 68.3 Å². The molecular weight excluding hydrogens is 994 g/mol. The summed E-state index contributed by atoms with van der Waals surface area (Å²) in [5.41, 5.74) is -4.95. The van der Waals surface area contributed by atoms with E-state index in [1.54, 1.807) is 6.92 Å². The second kappa shape index (κ2) is 18.4. The normalized spacial score (nSPS) is 15.1. The first kappa shape index (κ1) is 49.7. The molecule has 3 heterocycles. The minimum Gasteiger partial charge on any atom is -0.457 e. The van der Waals surface area contributed by atoms with Crippen LogP contribution in [0.25, 0.3) is 0 Å². The van der Waals surface area contributed by atoms with Crippen molar-refractivity contribution in [2.45, 2.75) is 30.9 Å². The molecule has 3 aliphatic rings. The number of carbonyl (C=O) groups is 6. The molecule has 0 spiro atoms. The fourth-order valence-corrected chi connectivity index (χ4v) is 8.32. The summed E-state index contributed by atoms with van der Waals surface area (Å²) in [7, 11) is 0. The number of nitrogens with zero attached hydrogens (tertiary/aromatic N) is 3. The third-order valence-corrected chi connectivity index (χ3v) is 12.0. The van der Waals surface area contributed by atoms with Crippen molar-refractivity contribution in [1.82, 2.24) is 0 Å². The predicted molar refractivity (Wildman–Crippen MR) is 244 cm³/mol. The average Bonchev–Trinajstić information content (AvgIpc) is 4.00. The molecule has 9 rings (SSSR count). The zero-order chi connectivity index (χ0) is 53.1. The summed E-state index contributed by atoms with van der Waals surface area (Å²) < 4.78 is 147. The van der Waals surface area contributed by atoms with Crippen molar-refractivity contribution in [3.05, 3.63) is 197 Å². The van der Waals surface area contributed by atoms with Crippen LogP contribution in [-0.4, -0.2) is 35.4 Å². The van der Waals surface area contributed by atoms with Gasteiger partial charge in [-0.15, -0.1) is 0 Å². The molecule has 0 unspecified atom stereocenters. The minimum atomic E-state index is -5.01. The third kappa shape index (κ3) is 9.49. The van der Waals surface area contributed by atoms with Gasteiger partial charge >= 0.3 is 18.5 Å². The molecule has 0 N–H and O–H groups in total. The van der Waals surface area contributed by atoms with Crippen LogP contribution >= 0.6 is 0 Å². The van der Waals surface area contributed by atoms with Crippen LogP contribution < -0.4 is 28.9 Å². The van der Waals surface area contributed by atoms with Gasteiger partial charge in [0.05, 0.1) is 17.1 Å². The smallest absolute Gasteiger partial charge is 0.420 e.